The Bertz CT molecular complexity index is 1060. The number of carbonyl (C=O) groups excluding carboxylic acids is 1. The number of carbonyl (C=O) groups is 1. The molecule has 1 atom stereocenters. The molecule has 1 amide bonds. The van der Waals surface area contributed by atoms with E-state index in [2.05, 4.69) is 4.72 Å². The number of nitrogens with one attached hydrogen (secondary N) is 1. The van der Waals surface area contributed by atoms with Crippen LogP contribution in [-0.4, -0.2) is 55.5 Å². The number of hydrogen-bond donors (Lipinski definition) is 1. The first-order valence-electron chi connectivity index (χ1n) is 10.0. The number of nitrogens with zero attached hydrogens (tertiary/aromatic N) is 2. The van der Waals surface area contributed by atoms with Crippen molar-refractivity contribution in [3.63, 3.8) is 0 Å². The van der Waals surface area contributed by atoms with Crippen LogP contribution in [0.3, 0.4) is 0 Å². The van der Waals surface area contributed by atoms with Gasteiger partial charge in [0.25, 0.3) is 5.91 Å². The van der Waals surface area contributed by atoms with Crippen LogP contribution < -0.4 is 4.72 Å². The number of piperidine rings is 1. The maximum absolute atomic E-state index is 12.7. The van der Waals surface area contributed by atoms with Gasteiger partial charge in [0.1, 0.15) is 4.92 Å². The average molecular weight is 449 g/mol. The third-order valence-electron chi connectivity index (χ3n) is 5.81. The SMILES string of the molecule is O=C(c1ccc([N+](=O)[O-])o1)N1CCC2(CC1)CC(NS(=O)(=O)c1ccccc1)CCO2. The molecule has 1 unspecified atom stereocenters. The van der Waals surface area contributed by atoms with Gasteiger partial charge in [0.05, 0.1) is 16.6 Å². The van der Waals surface area contributed by atoms with Gasteiger partial charge in [0.2, 0.25) is 10.0 Å². The summed E-state index contributed by atoms with van der Waals surface area (Å²) in [6.07, 6.45) is 2.19. The number of likely N-dealkylation sites (tertiary alicyclic amines) is 1. The van der Waals surface area contributed by atoms with Crippen molar-refractivity contribution in [1.82, 2.24) is 9.62 Å². The van der Waals surface area contributed by atoms with Gasteiger partial charge in [-0.05, 0) is 43.9 Å². The fourth-order valence-electron chi connectivity index (χ4n) is 4.18. The molecule has 2 aliphatic rings. The van der Waals surface area contributed by atoms with Crippen LogP contribution in [0, 0.1) is 10.1 Å². The van der Waals surface area contributed by atoms with E-state index in [-0.39, 0.29) is 16.7 Å². The number of hydrogen-bond acceptors (Lipinski definition) is 7. The lowest BCUT2D eigenvalue weighted by molar-refractivity contribution is -0.402. The molecule has 2 aromatic rings. The lowest BCUT2D eigenvalue weighted by Gasteiger charge is -2.46. The van der Waals surface area contributed by atoms with Crippen LogP contribution in [0.2, 0.25) is 0 Å². The van der Waals surface area contributed by atoms with Gasteiger partial charge in [-0.25, -0.2) is 13.1 Å². The molecule has 1 aromatic carbocycles. The molecule has 2 aliphatic heterocycles. The molecule has 1 aromatic heterocycles. The minimum Gasteiger partial charge on any atom is -0.395 e. The zero-order chi connectivity index (χ0) is 22.1. The fourth-order valence-corrected chi connectivity index (χ4v) is 5.47. The zero-order valence-corrected chi connectivity index (χ0v) is 17.5. The molecule has 2 fully saturated rings. The predicted octanol–water partition coefficient (Wildman–Crippen LogP) is 2.32. The van der Waals surface area contributed by atoms with Crippen molar-refractivity contribution < 1.29 is 27.3 Å². The smallest absolute Gasteiger partial charge is 0.395 e. The van der Waals surface area contributed by atoms with E-state index in [4.69, 9.17) is 9.15 Å². The van der Waals surface area contributed by atoms with Crippen LogP contribution in [0.15, 0.2) is 51.8 Å². The quantitative estimate of drug-likeness (QED) is 0.547. The second kappa shape index (κ2) is 8.40. The van der Waals surface area contributed by atoms with Gasteiger partial charge in [-0.2, -0.15) is 0 Å². The topological polar surface area (TPSA) is 132 Å². The highest BCUT2D eigenvalue weighted by Gasteiger charge is 2.42. The summed E-state index contributed by atoms with van der Waals surface area (Å²) in [4.78, 5) is 24.5. The first kappa shape index (κ1) is 21.5. The summed E-state index contributed by atoms with van der Waals surface area (Å²) in [5.74, 6) is -0.943. The zero-order valence-electron chi connectivity index (χ0n) is 16.7. The highest BCUT2D eigenvalue weighted by Crippen LogP contribution is 2.36. The van der Waals surface area contributed by atoms with Crippen LogP contribution in [0.25, 0.3) is 0 Å². The molecule has 10 nitrogen and oxygen atoms in total. The van der Waals surface area contributed by atoms with E-state index in [1.165, 1.54) is 6.07 Å². The molecule has 166 valence electrons. The van der Waals surface area contributed by atoms with E-state index in [9.17, 15) is 23.3 Å². The van der Waals surface area contributed by atoms with Crippen LogP contribution in [0.5, 0.6) is 0 Å². The van der Waals surface area contributed by atoms with E-state index < -0.39 is 32.3 Å². The van der Waals surface area contributed by atoms with Crippen LogP contribution in [0.1, 0.15) is 36.2 Å². The van der Waals surface area contributed by atoms with Gasteiger partial charge in [-0.1, -0.05) is 18.2 Å². The third kappa shape index (κ3) is 4.63. The molecule has 31 heavy (non-hydrogen) atoms. The Kier molecular flexibility index (Phi) is 5.82. The Morgan fingerprint density at radius 2 is 1.87 bits per heavy atom. The number of amides is 1. The molecule has 3 heterocycles. The normalized spacial score (nSPS) is 21.2. The second-order valence-electron chi connectivity index (χ2n) is 7.84. The summed E-state index contributed by atoms with van der Waals surface area (Å²) in [5, 5.41) is 10.8. The Labute approximate surface area is 179 Å². The molecule has 0 bridgehead atoms. The third-order valence-corrected chi connectivity index (χ3v) is 7.35. The molecular weight excluding hydrogens is 426 g/mol. The van der Waals surface area contributed by atoms with Crippen molar-refractivity contribution in [3.8, 4) is 0 Å². The lowest BCUT2D eigenvalue weighted by Crippen LogP contribution is -2.54. The van der Waals surface area contributed by atoms with Gasteiger partial charge >= 0.3 is 5.88 Å². The Balaban J connectivity index is 1.37. The van der Waals surface area contributed by atoms with Gasteiger partial charge in [-0.3, -0.25) is 14.9 Å². The second-order valence-corrected chi connectivity index (χ2v) is 9.56. The monoisotopic (exact) mass is 449 g/mol. The summed E-state index contributed by atoms with van der Waals surface area (Å²) in [6, 6.07) is 10.4. The van der Waals surface area contributed by atoms with E-state index in [1.54, 1.807) is 35.2 Å². The van der Waals surface area contributed by atoms with Crippen LogP contribution in [0.4, 0.5) is 5.88 Å². The summed E-state index contributed by atoms with van der Waals surface area (Å²) in [7, 11) is -3.62. The lowest BCUT2D eigenvalue weighted by atomic mass is 9.82. The number of ether oxygens (including phenoxy) is 1. The number of benzene rings is 1. The predicted molar refractivity (Wildman–Crippen MR) is 109 cm³/mol. The van der Waals surface area contributed by atoms with E-state index in [0.29, 0.717) is 45.4 Å². The molecule has 0 radical (unpaired) electrons. The molecule has 1 N–H and O–H groups in total. The summed E-state index contributed by atoms with van der Waals surface area (Å²) in [5.41, 5.74) is -0.506. The number of nitro groups is 1. The Morgan fingerprint density at radius 1 is 1.16 bits per heavy atom. The summed E-state index contributed by atoms with van der Waals surface area (Å²) < 4.78 is 39.2. The van der Waals surface area contributed by atoms with Crippen LogP contribution >= 0.6 is 0 Å². The maximum Gasteiger partial charge on any atom is 0.433 e. The van der Waals surface area contributed by atoms with E-state index in [0.717, 1.165) is 6.07 Å². The molecular formula is C20H23N3O7S. The minimum atomic E-state index is -3.62. The molecule has 4 rings (SSSR count). The summed E-state index contributed by atoms with van der Waals surface area (Å²) >= 11 is 0. The largest absolute Gasteiger partial charge is 0.433 e. The van der Waals surface area contributed by atoms with Crippen molar-refractivity contribution in [2.75, 3.05) is 19.7 Å². The summed E-state index contributed by atoms with van der Waals surface area (Å²) in [6.45, 7) is 1.22. The van der Waals surface area contributed by atoms with Gasteiger partial charge in [0.15, 0.2) is 5.76 Å². The van der Waals surface area contributed by atoms with Crippen molar-refractivity contribution in [2.24, 2.45) is 0 Å². The van der Waals surface area contributed by atoms with Gasteiger partial charge < -0.3 is 14.1 Å². The first-order valence-corrected chi connectivity index (χ1v) is 11.5. The minimum absolute atomic E-state index is 0.0688. The number of sulfonamides is 1. The van der Waals surface area contributed by atoms with Crippen molar-refractivity contribution >= 4 is 21.8 Å². The molecule has 2 saturated heterocycles. The van der Waals surface area contributed by atoms with Crippen molar-refractivity contribution in [1.29, 1.82) is 0 Å². The molecule has 1 spiro atoms. The van der Waals surface area contributed by atoms with E-state index in [1.807, 2.05) is 0 Å². The average Bonchev–Trinajstić information content (AvgIpc) is 3.25. The number of furan rings is 1. The molecule has 0 saturated carbocycles. The highest BCUT2D eigenvalue weighted by atomic mass is 32.2. The van der Waals surface area contributed by atoms with Crippen molar-refractivity contribution in [3.05, 3.63) is 58.3 Å². The fraction of sp³-hybridized carbons (Fsp3) is 0.450. The standard InChI is InChI=1S/C20H23N3O7S/c24-19(17-6-7-18(30-17)23(25)26)22-11-9-20(10-12-22)14-15(8-13-29-20)21-31(27,28)16-4-2-1-3-5-16/h1-7,15,21H,8-14H2. The molecule has 11 heteroatoms. The maximum atomic E-state index is 12.7. The Morgan fingerprint density at radius 3 is 2.52 bits per heavy atom. The molecule has 0 aliphatic carbocycles. The van der Waals surface area contributed by atoms with Gasteiger partial charge in [0, 0.05) is 25.7 Å². The highest BCUT2D eigenvalue weighted by molar-refractivity contribution is 7.89. The first-order chi connectivity index (χ1) is 14.8. The Hall–Kier alpha value is -2.76. The number of rotatable bonds is 5. The van der Waals surface area contributed by atoms with Crippen molar-refractivity contribution in [2.45, 2.75) is 42.2 Å². The van der Waals surface area contributed by atoms with E-state index >= 15 is 0 Å². The van der Waals surface area contributed by atoms with Crippen LogP contribution in [-0.2, 0) is 14.8 Å². The van der Waals surface area contributed by atoms with Gasteiger partial charge in [-0.15, -0.1) is 0 Å².